The molecule has 0 spiro atoms. The van der Waals surface area contributed by atoms with Gasteiger partial charge in [0.15, 0.2) is 6.61 Å². The molecule has 1 aromatic carbocycles. The number of nitrogens with zero attached hydrogens (tertiary/aromatic N) is 2. The maximum Gasteiger partial charge on any atom is 0.357 e. The summed E-state index contributed by atoms with van der Waals surface area (Å²) < 4.78 is 4.87. The van der Waals surface area contributed by atoms with Crippen molar-refractivity contribution in [3.63, 3.8) is 0 Å². The normalized spacial score (nSPS) is 12.8. The third-order valence-electron chi connectivity index (χ3n) is 3.58. The van der Waals surface area contributed by atoms with Crippen molar-refractivity contribution < 1.29 is 23.9 Å². The Morgan fingerprint density at radius 2 is 1.88 bits per heavy atom. The molecule has 8 nitrogen and oxygen atoms in total. The summed E-state index contributed by atoms with van der Waals surface area (Å²) in [6, 6.07) is 9.14. The second kappa shape index (κ2) is 6.52. The number of hydrogen-bond acceptors (Lipinski definition) is 6. The van der Waals surface area contributed by atoms with Crippen molar-refractivity contribution >= 4 is 29.4 Å². The smallest absolute Gasteiger partial charge is 0.357 e. The Kier molecular flexibility index (Phi) is 4.25. The van der Waals surface area contributed by atoms with Gasteiger partial charge in [-0.05, 0) is 30.3 Å². The quantitative estimate of drug-likeness (QED) is 0.660. The standard InChI is InChI=1S/C17H13N3O5/c1-20-15(22)11-6-5-10(8-12(11)16(20)23)19-14(21)9-25-17(24)13-4-2-3-7-18-13/h2-8H,9H2,1H3,(H,19,21). The minimum absolute atomic E-state index is 0.0972. The molecule has 2 heterocycles. The molecule has 0 bridgehead atoms. The fourth-order valence-corrected chi connectivity index (χ4v) is 2.32. The summed E-state index contributed by atoms with van der Waals surface area (Å²) in [6.45, 7) is -0.501. The lowest BCUT2D eigenvalue weighted by molar-refractivity contribution is -0.119. The van der Waals surface area contributed by atoms with Crippen LogP contribution in [0, 0.1) is 0 Å². The van der Waals surface area contributed by atoms with Crippen molar-refractivity contribution in [3.05, 3.63) is 59.4 Å². The van der Waals surface area contributed by atoms with Gasteiger partial charge in [-0.2, -0.15) is 0 Å². The Balaban J connectivity index is 1.62. The maximum absolute atomic E-state index is 11.9. The zero-order valence-electron chi connectivity index (χ0n) is 13.2. The van der Waals surface area contributed by atoms with Gasteiger partial charge in [0, 0.05) is 18.9 Å². The molecular weight excluding hydrogens is 326 g/mol. The SMILES string of the molecule is CN1C(=O)c2ccc(NC(=O)COC(=O)c3ccccn3)cc2C1=O. The summed E-state index contributed by atoms with van der Waals surface area (Å²) in [5.41, 5.74) is 0.928. The summed E-state index contributed by atoms with van der Waals surface area (Å²) in [5.74, 6) is -2.11. The van der Waals surface area contributed by atoms with Gasteiger partial charge in [0.1, 0.15) is 5.69 Å². The molecule has 0 saturated carbocycles. The number of ether oxygens (including phenoxy) is 1. The average Bonchev–Trinajstić information content (AvgIpc) is 2.84. The average molecular weight is 339 g/mol. The second-order valence-corrected chi connectivity index (χ2v) is 5.27. The van der Waals surface area contributed by atoms with Crippen molar-refractivity contribution in [3.8, 4) is 0 Å². The van der Waals surface area contributed by atoms with Gasteiger partial charge in [-0.25, -0.2) is 9.78 Å². The molecule has 0 atom stereocenters. The zero-order valence-corrected chi connectivity index (χ0v) is 13.2. The first-order chi connectivity index (χ1) is 12.0. The number of hydrogen-bond donors (Lipinski definition) is 1. The molecule has 25 heavy (non-hydrogen) atoms. The Bertz CT molecular complexity index is 879. The number of carbonyl (C=O) groups is 4. The molecule has 1 aliphatic heterocycles. The van der Waals surface area contributed by atoms with E-state index in [2.05, 4.69) is 10.3 Å². The molecule has 0 saturated heterocycles. The van der Waals surface area contributed by atoms with Gasteiger partial charge >= 0.3 is 5.97 Å². The van der Waals surface area contributed by atoms with E-state index >= 15 is 0 Å². The summed E-state index contributed by atoms with van der Waals surface area (Å²) in [6.07, 6.45) is 1.44. The second-order valence-electron chi connectivity index (χ2n) is 5.27. The number of imide groups is 1. The fraction of sp³-hybridized carbons (Fsp3) is 0.118. The molecule has 3 rings (SSSR count). The van der Waals surface area contributed by atoms with Crippen LogP contribution in [0.1, 0.15) is 31.2 Å². The first-order valence-corrected chi connectivity index (χ1v) is 7.32. The number of carbonyl (C=O) groups excluding carboxylic acids is 4. The lowest BCUT2D eigenvalue weighted by Gasteiger charge is -2.07. The van der Waals surface area contributed by atoms with E-state index in [1.165, 1.54) is 37.5 Å². The van der Waals surface area contributed by atoms with Crippen LogP contribution in [0.2, 0.25) is 0 Å². The van der Waals surface area contributed by atoms with Gasteiger partial charge in [0.05, 0.1) is 11.1 Å². The Morgan fingerprint density at radius 3 is 2.60 bits per heavy atom. The molecule has 3 amide bonds. The molecule has 0 unspecified atom stereocenters. The number of aromatic nitrogens is 1. The molecule has 1 N–H and O–H groups in total. The van der Waals surface area contributed by atoms with Crippen LogP contribution in [0.15, 0.2) is 42.6 Å². The van der Waals surface area contributed by atoms with Crippen LogP contribution >= 0.6 is 0 Å². The molecule has 8 heteroatoms. The van der Waals surface area contributed by atoms with E-state index in [0.29, 0.717) is 5.69 Å². The minimum atomic E-state index is -0.716. The first kappa shape index (κ1) is 16.3. The summed E-state index contributed by atoms with van der Waals surface area (Å²) in [7, 11) is 1.39. The molecular formula is C17H13N3O5. The Labute approximate surface area is 142 Å². The fourth-order valence-electron chi connectivity index (χ4n) is 2.32. The minimum Gasteiger partial charge on any atom is -0.451 e. The van der Waals surface area contributed by atoms with Crippen LogP contribution in [0.25, 0.3) is 0 Å². The van der Waals surface area contributed by atoms with Gasteiger partial charge in [-0.1, -0.05) is 6.07 Å². The largest absolute Gasteiger partial charge is 0.451 e. The number of nitrogens with one attached hydrogen (secondary N) is 1. The van der Waals surface area contributed by atoms with Crippen molar-refractivity contribution in [1.29, 1.82) is 0 Å². The topological polar surface area (TPSA) is 106 Å². The van der Waals surface area contributed by atoms with E-state index in [1.807, 2.05) is 0 Å². The van der Waals surface area contributed by atoms with Gasteiger partial charge in [0.2, 0.25) is 0 Å². The highest BCUT2D eigenvalue weighted by Gasteiger charge is 2.32. The summed E-state index contributed by atoms with van der Waals surface area (Å²) in [4.78, 5) is 52.2. The van der Waals surface area contributed by atoms with Crippen LogP contribution in [-0.2, 0) is 9.53 Å². The number of anilines is 1. The molecule has 2 aromatic rings. The van der Waals surface area contributed by atoms with E-state index in [1.54, 1.807) is 12.1 Å². The predicted octanol–water partition coefficient (Wildman–Crippen LogP) is 1.10. The number of rotatable bonds is 4. The highest BCUT2D eigenvalue weighted by Crippen LogP contribution is 2.24. The first-order valence-electron chi connectivity index (χ1n) is 7.32. The number of benzene rings is 1. The van der Waals surface area contributed by atoms with Crippen LogP contribution in [0.3, 0.4) is 0 Å². The van der Waals surface area contributed by atoms with Gasteiger partial charge in [0.25, 0.3) is 17.7 Å². The van der Waals surface area contributed by atoms with Crippen molar-refractivity contribution in [2.24, 2.45) is 0 Å². The van der Waals surface area contributed by atoms with E-state index in [4.69, 9.17) is 4.74 Å². The Morgan fingerprint density at radius 1 is 1.12 bits per heavy atom. The zero-order chi connectivity index (χ0) is 18.0. The molecule has 126 valence electrons. The third-order valence-corrected chi connectivity index (χ3v) is 3.58. The molecule has 0 radical (unpaired) electrons. The lowest BCUT2D eigenvalue weighted by Crippen LogP contribution is -2.24. The summed E-state index contributed by atoms with van der Waals surface area (Å²) >= 11 is 0. The molecule has 0 aliphatic carbocycles. The number of pyridine rings is 1. The van der Waals surface area contributed by atoms with Crippen molar-refractivity contribution in [1.82, 2.24) is 9.88 Å². The van der Waals surface area contributed by atoms with E-state index in [9.17, 15) is 19.2 Å². The van der Waals surface area contributed by atoms with E-state index in [-0.39, 0.29) is 22.7 Å². The van der Waals surface area contributed by atoms with Crippen molar-refractivity contribution in [2.45, 2.75) is 0 Å². The number of amides is 3. The van der Waals surface area contributed by atoms with Crippen LogP contribution in [0.5, 0.6) is 0 Å². The third kappa shape index (κ3) is 3.23. The monoisotopic (exact) mass is 339 g/mol. The number of esters is 1. The lowest BCUT2D eigenvalue weighted by atomic mass is 10.1. The highest BCUT2D eigenvalue weighted by molar-refractivity contribution is 6.21. The number of fused-ring (bicyclic) bond motifs is 1. The van der Waals surface area contributed by atoms with Crippen LogP contribution in [-0.4, -0.2) is 47.2 Å². The van der Waals surface area contributed by atoms with Gasteiger partial charge in [-0.3, -0.25) is 19.3 Å². The molecule has 0 fully saturated rings. The van der Waals surface area contributed by atoms with E-state index < -0.39 is 24.4 Å². The highest BCUT2D eigenvalue weighted by atomic mass is 16.5. The maximum atomic E-state index is 11.9. The predicted molar refractivity (Wildman–Crippen MR) is 86.0 cm³/mol. The van der Waals surface area contributed by atoms with Crippen LogP contribution < -0.4 is 5.32 Å². The van der Waals surface area contributed by atoms with Gasteiger partial charge < -0.3 is 10.1 Å². The van der Waals surface area contributed by atoms with Gasteiger partial charge in [-0.15, -0.1) is 0 Å². The summed E-state index contributed by atoms with van der Waals surface area (Å²) in [5, 5.41) is 2.51. The molecule has 1 aliphatic rings. The van der Waals surface area contributed by atoms with Crippen LogP contribution in [0.4, 0.5) is 5.69 Å². The van der Waals surface area contributed by atoms with E-state index in [0.717, 1.165) is 4.90 Å². The van der Waals surface area contributed by atoms with Crippen molar-refractivity contribution in [2.75, 3.05) is 19.0 Å². The Hall–Kier alpha value is -3.55. The molecule has 1 aromatic heterocycles.